The molecule has 0 saturated carbocycles. The van der Waals surface area contributed by atoms with Crippen LogP contribution >= 0.6 is 7.82 Å². The van der Waals surface area contributed by atoms with Gasteiger partial charge in [0.2, 0.25) is 0 Å². The molecule has 2 unspecified atom stereocenters. The average molecular weight is 808 g/mol. The molecule has 0 heterocycles. The third kappa shape index (κ3) is 37.8. The van der Waals surface area contributed by atoms with E-state index < -0.39 is 51.1 Å². The Kier molecular flexibility index (Phi) is 36.6. The Labute approximate surface area is 338 Å². The summed E-state index contributed by atoms with van der Waals surface area (Å²) in [5.74, 6) is -2.49. The zero-order valence-electron chi connectivity index (χ0n) is 34.4. The molecule has 0 aromatic heterocycles. The van der Waals surface area contributed by atoms with E-state index in [4.69, 9.17) is 24.8 Å². The molecule has 0 rings (SSSR count). The van der Waals surface area contributed by atoms with Crippen molar-refractivity contribution in [3.8, 4) is 0 Å². The van der Waals surface area contributed by atoms with Crippen molar-refractivity contribution >= 4 is 25.7 Å². The topological polar surface area (TPSA) is 172 Å². The van der Waals surface area contributed by atoms with Crippen LogP contribution in [0.15, 0.2) is 72.9 Å². The Balaban J connectivity index is 4.46. The van der Waals surface area contributed by atoms with Crippen molar-refractivity contribution in [1.82, 2.24) is 0 Å². The number of carboxylic acid groups (broad SMARTS) is 1. The number of carbonyl (C=O) groups excluding carboxylic acids is 2. The van der Waals surface area contributed by atoms with Gasteiger partial charge in [0, 0.05) is 12.8 Å². The predicted octanol–water partition coefficient (Wildman–Crippen LogP) is 10.9. The van der Waals surface area contributed by atoms with Crippen LogP contribution in [0.25, 0.3) is 0 Å². The third-order valence-corrected chi connectivity index (χ3v) is 9.40. The van der Waals surface area contributed by atoms with E-state index in [0.717, 1.165) is 77.0 Å². The van der Waals surface area contributed by atoms with E-state index in [9.17, 15) is 23.8 Å². The van der Waals surface area contributed by atoms with Gasteiger partial charge in [-0.2, -0.15) is 0 Å². The van der Waals surface area contributed by atoms with Crippen molar-refractivity contribution < 1.29 is 47.5 Å². The summed E-state index contributed by atoms with van der Waals surface area (Å²) in [5, 5.41) is 8.87. The Morgan fingerprint density at radius 2 is 1.04 bits per heavy atom. The van der Waals surface area contributed by atoms with Crippen LogP contribution in [-0.2, 0) is 37.5 Å². The maximum Gasteiger partial charge on any atom is 0.472 e. The normalized spacial score (nSPS) is 14.5. The highest BCUT2D eigenvalue weighted by molar-refractivity contribution is 7.47. The van der Waals surface area contributed by atoms with Gasteiger partial charge in [-0.3, -0.25) is 23.4 Å². The molecule has 0 saturated heterocycles. The molecule has 4 N–H and O–H groups in total. The fourth-order valence-electron chi connectivity index (χ4n) is 5.17. The van der Waals surface area contributed by atoms with Gasteiger partial charge in [0.05, 0.1) is 13.2 Å². The largest absolute Gasteiger partial charge is 0.480 e. The molecule has 0 bridgehead atoms. The summed E-state index contributed by atoms with van der Waals surface area (Å²) in [6.45, 7) is 2.59. The molecule has 0 aromatic rings. The van der Waals surface area contributed by atoms with E-state index in [0.29, 0.717) is 12.8 Å². The lowest BCUT2D eigenvalue weighted by atomic mass is 10.1. The fourth-order valence-corrected chi connectivity index (χ4v) is 5.94. The lowest BCUT2D eigenvalue weighted by Gasteiger charge is -2.20. The van der Waals surface area contributed by atoms with Gasteiger partial charge in [-0.15, -0.1) is 0 Å². The maximum atomic E-state index is 12.6. The first-order valence-electron chi connectivity index (χ1n) is 21.0. The smallest absolute Gasteiger partial charge is 0.472 e. The minimum atomic E-state index is -4.73. The molecule has 0 spiro atoms. The summed E-state index contributed by atoms with van der Waals surface area (Å²) < 4.78 is 32.5. The summed E-state index contributed by atoms with van der Waals surface area (Å²) in [7, 11) is -4.73. The van der Waals surface area contributed by atoms with E-state index >= 15 is 0 Å². The summed E-state index contributed by atoms with van der Waals surface area (Å²) in [5.41, 5.74) is 5.32. The number of aliphatic carboxylic acids is 1. The van der Waals surface area contributed by atoms with Gasteiger partial charge in [0.25, 0.3) is 0 Å². The Hall–Kier alpha value is -3.08. The number of rotatable bonds is 38. The molecule has 3 atom stereocenters. The second kappa shape index (κ2) is 38.8. The second-order valence-electron chi connectivity index (χ2n) is 13.7. The van der Waals surface area contributed by atoms with Gasteiger partial charge < -0.3 is 25.2 Å². The van der Waals surface area contributed by atoms with Crippen LogP contribution in [0.1, 0.15) is 155 Å². The summed E-state index contributed by atoms with van der Waals surface area (Å²) in [6, 6.07) is -1.53. The first kappa shape index (κ1) is 52.9. The molecule has 0 radical (unpaired) electrons. The molecule has 11 nitrogen and oxygen atoms in total. The first-order chi connectivity index (χ1) is 27.1. The Morgan fingerprint density at radius 3 is 1.57 bits per heavy atom. The number of carbonyl (C=O) groups is 3. The average Bonchev–Trinajstić information content (AvgIpc) is 3.17. The maximum absolute atomic E-state index is 12.6. The van der Waals surface area contributed by atoms with Crippen molar-refractivity contribution in [2.45, 2.75) is 167 Å². The third-order valence-electron chi connectivity index (χ3n) is 8.45. The number of unbranched alkanes of at least 4 members (excludes halogenated alkanes) is 12. The van der Waals surface area contributed by atoms with Crippen molar-refractivity contribution in [3.63, 3.8) is 0 Å². The van der Waals surface area contributed by atoms with Crippen molar-refractivity contribution in [1.29, 1.82) is 0 Å². The number of phosphoric ester groups is 1. The van der Waals surface area contributed by atoms with Crippen LogP contribution in [-0.4, -0.2) is 59.9 Å². The minimum Gasteiger partial charge on any atom is -0.480 e. The van der Waals surface area contributed by atoms with Crippen LogP contribution < -0.4 is 5.73 Å². The van der Waals surface area contributed by atoms with Crippen molar-refractivity contribution in [3.05, 3.63) is 72.9 Å². The van der Waals surface area contributed by atoms with E-state index in [1.165, 1.54) is 38.5 Å². The monoisotopic (exact) mass is 808 g/mol. The molecular weight excluding hydrogens is 733 g/mol. The van der Waals surface area contributed by atoms with Gasteiger partial charge >= 0.3 is 25.7 Å². The van der Waals surface area contributed by atoms with E-state index in [2.05, 4.69) is 79.1 Å². The molecule has 12 heteroatoms. The number of hydrogen-bond donors (Lipinski definition) is 3. The number of phosphoric acid groups is 1. The van der Waals surface area contributed by atoms with Crippen LogP contribution in [0, 0.1) is 0 Å². The Bertz CT molecular complexity index is 1230. The molecule has 0 amide bonds. The van der Waals surface area contributed by atoms with Gasteiger partial charge in [-0.1, -0.05) is 145 Å². The van der Waals surface area contributed by atoms with Gasteiger partial charge in [-0.05, 0) is 70.6 Å². The number of ether oxygens (including phenoxy) is 2. The summed E-state index contributed by atoms with van der Waals surface area (Å²) >= 11 is 0. The van der Waals surface area contributed by atoms with Crippen LogP contribution in [0.4, 0.5) is 0 Å². The lowest BCUT2D eigenvalue weighted by Crippen LogP contribution is -2.34. The molecule has 0 aliphatic carbocycles. The van der Waals surface area contributed by atoms with Crippen LogP contribution in [0.3, 0.4) is 0 Å². The van der Waals surface area contributed by atoms with E-state index in [-0.39, 0.29) is 19.4 Å². The summed E-state index contributed by atoms with van der Waals surface area (Å²) in [4.78, 5) is 45.8. The zero-order chi connectivity index (χ0) is 41.4. The number of hydrogen-bond acceptors (Lipinski definition) is 9. The number of nitrogens with two attached hydrogens (primary N) is 1. The standard InChI is InChI=1S/C44H74NO10P/c1-3-5-7-9-11-13-15-17-18-19-20-21-22-24-25-27-29-31-33-35-42(46)52-37-40(38-53-56(50,51)54-39-41(45)44(48)49)55-43(47)36-34-32-30-28-26-23-16-14-12-10-8-6-4-2/h5,7,11,13,17-18,20-21,23,26,30,32,40-41H,3-4,6,8-10,12,14-16,19,22,24-25,27-29,31,33-39,45H2,1-2H3,(H,48,49)(H,50,51)/b7-5+,13-11+,18-17+,21-20+,26-23+,32-30+/t40?,41-/m1/s1. The second-order valence-corrected chi connectivity index (χ2v) is 15.2. The highest BCUT2D eigenvalue weighted by Gasteiger charge is 2.28. The SMILES string of the molecule is CC/C=C/C/C=C/C/C=C/C/C=C/CCCCCCCCC(=O)OCC(COP(=O)(O)OC[C@@H](N)C(=O)O)OC(=O)CC/C=C/C/C=C/CCCCCCCC. The first-order valence-corrected chi connectivity index (χ1v) is 22.5. The van der Waals surface area contributed by atoms with Gasteiger partial charge in [-0.25, -0.2) is 4.57 Å². The van der Waals surface area contributed by atoms with Crippen molar-refractivity contribution in [2.75, 3.05) is 19.8 Å². The quantitative estimate of drug-likeness (QED) is 0.0235. The number of allylic oxidation sites excluding steroid dienone is 12. The molecule has 320 valence electrons. The predicted molar refractivity (Wildman–Crippen MR) is 226 cm³/mol. The highest BCUT2D eigenvalue weighted by Crippen LogP contribution is 2.43. The minimum absolute atomic E-state index is 0.0482. The molecule has 0 aliphatic heterocycles. The summed E-state index contributed by atoms with van der Waals surface area (Å²) in [6.07, 6.45) is 45.6. The van der Waals surface area contributed by atoms with Crippen molar-refractivity contribution in [2.24, 2.45) is 5.73 Å². The molecule has 0 fully saturated rings. The van der Waals surface area contributed by atoms with Crippen LogP contribution in [0.5, 0.6) is 0 Å². The van der Waals surface area contributed by atoms with Gasteiger partial charge in [0.15, 0.2) is 6.10 Å². The molecule has 0 aliphatic rings. The van der Waals surface area contributed by atoms with E-state index in [1.807, 2.05) is 12.2 Å². The highest BCUT2D eigenvalue weighted by atomic mass is 31.2. The lowest BCUT2D eigenvalue weighted by molar-refractivity contribution is -0.161. The number of carboxylic acids is 1. The number of esters is 2. The Morgan fingerprint density at radius 1 is 0.571 bits per heavy atom. The molecule has 0 aromatic carbocycles. The molecule has 56 heavy (non-hydrogen) atoms. The fraction of sp³-hybridized carbons (Fsp3) is 0.659. The molecular formula is C44H74NO10P. The van der Waals surface area contributed by atoms with Crippen LogP contribution in [0.2, 0.25) is 0 Å². The van der Waals surface area contributed by atoms with E-state index in [1.54, 1.807) is 0 Å². The van der Waals surface area contributed by atoms with Gasteiger partial charge in [0.1, 0.15) is 12.6 Å². The zero-order valence-corrected chi connectivity index (χ0v) is 35.3.